The molecule has 0 aliphatic rings. The molecule has 1 atom stereocenters. The van der Waals surface area contributed by atoms with Crippen LogP contribution in [0.2, 0.25) is 0 Å². The van der Waals surface area contributed by atoms with Crippen molar-refractivity contribution in [3.63, 3.8) is 0 Å². The van der Waals surface area contributed by atoms with Crippen LogP contribution in [0.15, 0.2) is 48.5 Å². The second-order valence-corrected chi connectivity index (χ2v) is 5.16. The molecule has 0 aromatic heterocycles. The number of carbonyl (C=O) groups is 1. The Morgan fingerprint density at radius 2 is 2.04 bits per heavy atom. The van der Waals surface area contributed by atoms with E-state index in [0.717, 1.165) is 6.08 Å². The molecule has 0 heterocycles. The first kappa shape index (κ1) is 18.1. The highest BCUT2D eigenvalue weighted by molar-refractivity contribution is 5.87. The van der Waals surface area contributed by atoms with E-state index in [0.29, 0.717) is 11.1 Å². The zero-order valence-electron chi connectivity index (χ0n) is 13.6. The van der Waals surface area contributed by atoms with Crippen LogP contribution in [-0.2, 0) is 9.53 Å². The van der Waals surface area contributed by atoms with E-state index in [1.165, 1.54) is 43.5 Å². The van der Waals surface area contributed by atoms with Crippen molar-refractivity contribution >= 4 is 17.7 Å². The maximum atomic E-state index is 13.6. The van der Waals surface area contributed by atoms with Crippen molar-refractivity contribution < 1.29 is 23.6 Å². The molecule has 0 radical (unpaired) electrons. The molecule has 6 nitrogen and oxygen atoms in total. The zero-order valence-corrected chi connectivity index (χ0v) is 13.6. The summed E-state index contributed by atoms with van der Waals surface area (Å²) in [6.45, 7) is 1.61. The normalized spacial score (nSPS) is 12.0. The Bertz CT molecular complexity index is 819. The Balaban J connectivity index is 2.03. The first-order valence-electron chi connectivity index (χ1n) is 7.37. The van der Waals surface area contributed by atoms with Gasteiger partial charge in [0, 0.05) is 18.2 Å². The molecule has 0 amide bonds. The Morgan fingerprint density at radius 3 is 2.68 bits per heavy atom. The van der Waals surface area contributed by atoms with E-state index in [1.807, 2.05) is 0 Å². The highest BCUT2D eigenvalue weighted by atomic mass is 19.1. The molecule has 0 fully saturated rings. The van der Waals surface area contributed by atoms with Crippen LogP contribution in [0, 0.1) is 15.9 Å². The number of hydrogen-bond donors (Lipinski definition) is 0. The molecule has 0 unspecified atom stereocenters. The van der Waals surface area contributed by atoms with Crippen LogP contribution < -0.4 is 4.74 Å². The van der Waals surface area contributed by atoms with Crippen LogP contribution in [0.4, 0.5) is 10.1 Å². The number of nitrogens with zero attached hydrogens (tertiary/aromatic N) is 1. The van der Waals surface area contributed by atoms with Gasteiger partial charge in [-0.05, 0) is 36.3 Å². The minimum atomic E-state index is -0.662. The van der Waals surface area contributed by atoms with E-state index < -0.39 is 22.8 Å². The van der Waals surface area contributed by atoms with Crippen molar-refractivity contribution in [1.29, 1.82) is 0 Å². The number of rotatable bonds is 6. The first-order valence-corrected chi connectivity index (χ1v) is 7.37. The topological polar surface area (TPSA) is 78.7 Å². The number of non-ortho nitro benzene ring substituents is 1. The van der Waals surface area contributed by atoms with Gasteiger partial charge in [0.2, 0.25) is 0 Å². The van der Waals surface area contributed by atoms with Crippen LogP contribution in [-0.4, -0.2) is 18.0 Å². The van der Waals surface area contributed by atoms with E-state index in [2.05, 4.69) is 0 Å². The molecule has 2 aromatic carbocycles. The number of hydrogen-bond acceptors (Lipinski definition) is 5. The average Bonchev–Trinajstić information content (AvgIpc) is 2.60. The summed E-state index contributed by atoms with van der Waals surface area (Å²) in [5, 5.41) is 10.8. The number of nitro groups is 1. The van der Waals surface area contributed by atoms with Gasteiger partial charge in [0.1, 0.15) is 6.10 Å². The van der Waals surface area contributed by atoms with Gasteiger partial charge >= 0.3 is 5.97 Å². The summed E-state index contributed by atoms with van der Waals surface area (Å²) in [4.78, 5) is 22.1. The van der Waals surface area contributed by atoms with Gasteiger partial charge in [0.25, 0.3) is 5.69 Å². The summed E-state index contributed by atoms with van der Waals surface area (Å²) >= 11 is 0. The molecular formula is C18H16FNO5. The molecule has 0 spiro atoms. The lowest BCUT2D eigenvalue weighted by molar-refractivity contribution is -0.385. The molecule has 0 aliphatic carbocycles. The van der Waals surface area contributed by atoms with Crippen molar-refractivity contribution in [1.82, 2.24) is 0 Å². The van der Waals surface area contributed by atoms with Gasteiger partial charge < -0.3 is 9.47 Å². The van der Waals surface area contributed by atoms with Gasteiger partial charge in [-0.1, -0.05) is 18.2 Å². The number of esters is 1. The Hall–Kier alpha value is -3.22. The standard InChI is InChI=1S/C18H16FNO5/c1-12(14-4-3-5-15(11-14)20(22)23)25-18(21)9-7-13-6-8-17(24-2)16(19)10-13/h3-12H,1-2H3/b9-7+/t12-/m0/s1. The van der Waals surface area contributed by atoms with Gasteiger partial charge in [-0.15, -0.1) is 0 Å². The monoisotopic (exact) mass is 345 g/mol. The van der Waals surface area contributed by atoms with Crippen molar-refractivity contribution in [2.75, 3.05) is 7.11 Å². The Morgan fingerprint density at radius 1 is 1.28 bits per heavy atom. The smallest absolute Gasteiger partial charge is 0.331 e. The summed E-state index contributed by atoms with van der Waals surface area (Å²) in [6.07, 6.45) is 1.91. The average molecular weight is 345 g/mol. The molecule has 0 N–H and O–H groups in total. The molecule has 2 rings (SSSR count). The number of ether oxygens (including phenoxy) is 2. The lowest BCUT2D eigenvalue weighted by Crippen LogP contribution is -2.06. The van der Waals surface area contributed by atoms with Crippen LogP contribution in [0.5, 0.6) is 5.75 Å². The van der Waals surface area contributed by atoms with Gasteiger partial charge in [-0.25, -0.2) is 9.18 Å². The number of nitro benzene ring substituents is 1. The quantitative estimate of drug-likeness (QED) is 0.341. The fourth-order valence-electron chi connectivity index (χ4n) is 2.12. The third kappa shape index (κ3) is 4.87. The largest absolute Gasteiger partial charge is 0.494 e. The molecule has 0 saturated heterocycles. The minimum absolute atomic E-state index is 0.0790. The summed E-state index contributed by atoms with van der Waals surface area (Å²) < 4.78 is 23.6. The molecule has 25 heavy (non-hydrogen) atoms. The summed E-state index contributed by atoms with van der Waals surface area (Å²) in [6, 6.07) is 10.1. The van der Waals surface area contributed by atoms with E-state index in [9.17, 15) is 19.3 Å². The Kier molecular flexibility index (Phi) is 5.84. The predicted molar refractivity (Wildman–Crippen MR) is 89.6 cm³/mol. The van der Waals surface area contributed by atoms with Crippen molar-refractivity contribution in [3.8, 4) is 5.75 Å². The first-order chi connectivity index (χ1) is 11.9. The predicted octanol–water partition coefficient (Wildman–Crippen LogP) is 4.06. The van der Waals surface area contributed by atoms with Gasteiger partial charge in [0.05, 0.1) is 12.0 Å². The summed E-state index contributed by atoms with van der Waals surface area (Å²) in [7, 11) is 1.36. The van der Waals surface area contributed by atoms with Crippen LogP contribution in [0.1, 0.15) is 24.2 Å². The second kappa shape index (κ2) is 8.05. The van der Waals surface area contributed by atoms with Crippen molar-refractivity contribution in [2.45, 2.75) is 13.0 Å². The van der Waals surface area contributed by atoms with Crippen LogP contribution in [0.25, 0.3) is 6.08 Å². The molecule has 0 saturated carbocycles. The molecule has 2 aromatic rings. The fourth-order valence-corrected chi connectivity index (χ4v) is 2.12. The maximum absolute atomic E-state index is 13.6. The highest BCUT2D eigenvalue weighted by Crippen LogP contribution is 2.22. The van der Waals surface area contributed by atoms with Gasteiger partial charge in [-0.2, -0.15) is 0 Å². The van der Waals surface area contributed by atoms with Crippen LogP contribution in [0.3, 0.4) is 0 Å². The van der Waals surface area contributed by atoms with Crippen molar-refractivity contribution in [3.05, 3.63) is 75.6 Å². The van der Waals surface area contributed by atoms with Gasteiger partial charge in [0.15, 0.2) is 11.6 Å². The van der Waals surface area contributed by atoms with E-state index >= 15 is 0 Å². The lowest BCUT2D eigenvalue weighted by Gasteiger charge is -2.11. The number of benzene rings is 2. The molecule has 0 bridgehead atoms. The fraction of sp³-hybridized carbons (Fsp3) is 0.167. The third-order valence-electron chi connectivity index (χ3n) is 3.43. The molecular weight excluding hydrogens is 329 g/mol. The van der Waals surface area contributed by atoms with Gasteiger partial charge in [-0.3, -0.25) is 10.1 Å². The zero-order chi connectivity index (χ0) is 18.4. The summed E-state index contributed by atoms with van der Waals surface area (Å²) in [5.41, 5.74) is 0.898. The highest BCUT2D eigenvalue weighted by Gasteiger charge is 2.13. The lowest BCUT2D eigenvalue weighted by atomic mass is 10.1. The molecule has 7 heteroatoms. The minimum Gasteiger partial charge on any atom is -0.494 e. The second-order valence-electron chi connectivity index (χ2n) is 5.16. The van der Waals surface area contributed by atoms with Crippen molar-refractivity contribution in [2.24, 2.45) is 0 Å². The van der Waals surface area contributed by atoms with E-state index in [4.69, 9.17) is 9.47 Å². The van der Waals surface area contributed by atoms with E-state index in [-0.39, 0.29) is 11.4 Å². The summed E-state index contributed by atoms with van der Waals surface area (Å²) in [5.74, 6) is -1.07. The van der Waals surface area contributed by atoms with E-state index in [1.54, 1.807) is 19.1 Å². The number of carbonyl (C=O) groups excluding carboxylic acids is 1. The van der Waals surface area contributed by atoms with Crippen LogP contribution >= 0.6 is 0 Å². The maximum Gasteiger partial charge on any atom is 0.331 e. The SMILES string of the molecule is COc1ccc(/C=C/C(=O)O[C@@H](C)c2cccc([N+](=O)[O-])c2)cc1F. The Labute approximate surface area is 143 Å². The molecule has 130 valence electrons. The number of methoxy groups -OCH3 is 1. The molecule has 0 aliphatic heterocycles. The third-order valence-corrected chi connectivity index (χ3v) is 3.43. The number of halogens is 1.